The van der Waals surface area contributed by atoms with E-state index in [1.54, 1.807) is 24.3 Å². The maximum atomic E-state index is 12.0. The maximum Gasteiger partial charge on any atom is 0.323 e. The van der Waals surface area contributed by atoms with E-state index in [1.807, 2.05) is 32.0 Å². The van der Waals surface area contributed by atoms with Gasteiger partial charge in [-0.2, -0.15) is 5.26 Å². The number of carbonyl (C=O) groups excluding carboxylic acids is 1. The van der Waals surface area contributed by atoms with E-state index in [9.17, 15) is 4.79 Å². The quantitative estimate of drug-likeness (QED) is 0.837. The van der Waals surface area contributed by atoms with Gasteiger partial charge in [-0.3, -0.25) is 0 Å². The number of nitrogens with zero attached hydrogens (tertiary/aromatic N) is 1. The third-order valence-electron chi connectivity index (χ3n) is 2.94. The molecular weight excluding hydrogens is 330 g/mol. The van der Waals surface area contributed by atoms with Crippen LogP contribution in [0.5, 0.6) is 0 Å². The van der Waals surface area contributed by atoms with Crippen LogP contribution in [0, 0.1) is 25.2 Å². The van der Waals surface area contributed by atoms with E-state index in [4.69, 9.17) is 5.26 Å². The zero-order valence-electron chi connectivity index (χ0n) is 11.7. The molecule has 0 fully saturated rings. The molecule has 0 aliphatic carbocycles. The van der Waals surface area contributed by atoms with Gasteiger partial charge in [0, 0.05) is 10.2 Å². The fourth-order valence-electron chi connectivity index (χ4n) is 1.98. The zero-order chi connectivity index (χ0) is 15.4. The van der Waals surface area contributed by atoms with Gasteiger partial charge in [0.2, 0.25) is 0 Å². The molecule has 0 unspecified atom stereocenters. The van der Waals surface area contributed by atoms with Crippen LogP contribution in [-0.2, 0) is 0 Å². The summed E-state index contributed by atoms with van der Waals surface area (Å²) in [6.07, 6.45) is 0. The van der Waals surface area contributed by atoms with Crippen molar-refractivity contribution in [2.24, 2.45) is 0 Å². The Labute approximate surface area is 131 Å². The van der Waals surface area contributed by atoms with Gasteiger partial charge in [0.1, 0.15) is 0 Å². The molecule has 2 aromatic rings. The van der Waals surface area contributed by atoms with Crippen molar-refractivity contribution >= 4 is 33.3 Å². The molecule has 2 amide bonds. The van der Waals surface area contributed by atoms with Crippen molar-refractivity contribution in [3.8, 4) is 6.07 Å². The molecule has 4 nitrogen and oxygen atoms in total. The molecule has 0 radical (unpaired) electrons. The molecule has 21 heavy (non-hydrogen) atoms. The van der Waals surface area contributed by atoms with Gasteiger partial charge in [-0.05, 0) is 71.2 Å². The number of aryl methyl sites for hydroxylation is 2. The Balaban J connectivity index is 2.10. The van der Waals surface area contributed by atoms with Crippen LogP contribution in [-0.4, -0.2) is 6.03 Å². The number of hydrogen-bond donors (Lipinski definition) is 2. The predicted octanol–water partition coefficient (Wildman–Crippen LogP) is 4.58. The number of amides is 2. The fraction of sp³-hybridized carbons (Fsp3) is 0.125. The van der Waals surface area contributed by atoms with E-state index in [0.717, 1.165) is 21.3 Å². The van der Waals surface area contributed by atoms with E-state index in [0.29, 0.717) is 11.3 Å². The van der Waals surface area contributed by atoms with Crippen LogP contribution in [0.1, 0.15) is 16.7 Å². The van der Waals surface area contributed by atoms with Gasteiger partial charge in [-0.1, -0.05) is 6.07 Å². The molecule has 2 aromatic carbocycles. The number of anilines is 2. The minimum atomic E-state index is -0.327. The van der Waals surface area contributed by atoms with Crippen molar-refractivity contribution < 1.29 is 4.79 Å². The van der Waals surface area contributed by atoms with Crippen LogP contribution in [0.15, 0.2) is 40.9 Å². The molecule has 0 saturated carbocycles. The molecule has 0 atom stereocenters. The Kier molecular flexibility index (Phi) is 4.61. The van der Waals surface area contributed by atoms with Crippen molar-refractivity contribution in [2.45, 2.75) is 13.8 Å². The highest BCUT2D eigenvalue weighted by Crippen LogP contribution is 2.27. The molecular formula is C16H14BrN3O. The average Bonchev–Trinajstić information content (AvgIpc) is 2.43. The third-order valence-corrected chi connectivity index (χ3v) is 3.57. The summed E-state index contributed by atoms with van der Waals surface area (Å²) in [5.41, 5.74) is 4.03. The lowest BCUT2D eigenvalue weighted by molar-refractivity contribution is 0.262. The van der Waals surface area contributed by atoms with Crippen LogP contribution >= 0.6 is 15.9 Å². The van der Waals surface area contributed by atoms with Crippen molar-refractivity contribution in [1.82, 2.24) is 0 Å². The first kappa shape index (κ1) is 15.1. The Morgan fingerprint density at radius 2 is 1.81 bits per heavy atom. The normalized spacial score (nSPS) is 9.81. The third kappa shape index (κ3) is 3.83. The molecule has 2 N–H and O–H groups in total. The van der Waals surface area contributed by atoms with Gasteiger partial charge in [0.25, 0.3) is 0 Å². The standard InChI is InChI=1S/C16H14BrN3O/c1-10-7-11(2)15(14(17)8-10)20-16(21)19-13-5-3-12(9-18)4-6-13/h3-8H,1-2H3,(H2,19,20,21). The lowest BCUT2D eigenvalue weighted by atomic mass is 10.1. The summed E-state index contributed by atoms with van der Waals surface area (Å²) in [5.74, 6) is 0. The molecule has 2 rings (SSSR count). The molecule has 0 aliphatic heterocycles. The zero-order valence-corrected chi connectivity index (χ0v) is 13.3. The molecule has 106 valence electrons. The van der Waals surface area contributed by atoms with Gasteiger partial charge in [-0.25, -0.2) is 4.79 Å². The number of carbonyl (C=O) groups is 1. The number of halogens is 1. The largest absolute Gasteiger partial charge is 0.323 e. The van der Waals surface area contributed by atoms with Gasteiger partial charge in [0.05, 0.1) is 17.3 Å². The van der Waals surface area contributed by atoms with Crippen LogP contribution in [0.4, 0.5) is 16.2 Å². The molecule has 0 spiro atoms. The molecule has 0 bridgehead atoms. The highest BCUT2D eigenvalue weighted by atomic mass is 79.9. The minimum Gasteiger partial charge on any atom is -0.308 e. The lowest BCUT2D eigenvalue weighted by Gasteiger charge is -2.12. The summed E-state index contributed by atoms with van der Waals surface area (Å²) in [7, 11) is 0. The number of urea groups is 1. The van der Waals surface area contributed by atoms with Crippen LogP contribution in [0.2, 0.25) is 0 Å². The SMILES string of the molecule is Cc1cc(C)c(NC(=O)Nc2ccc(C#N)cc2)c(Br)c1. The van der Waals surface area contributed by atoms with Crippen molar-refractivity contribution in [3.63, 3.8) is 0 Å². The number of benzene rings is 2. The second-order valence-electron chi connectivity index (χ2n) is 4.71. The first-order chi connectivity index (χ1) is 9.99. The molecule has 5 heteroatoms. The van der Waals surface area contributed by atoms with Crippen molar-refractivity contribution in [2.75, 3.05) is 10.6 Å². The summed E-state index contributed by atoms with van der Waals surface area (Å²) >= 11 is 3.45. The lowest BCUT2D eigenvalue weighted by Crippen LogP contribution is -2.20. The van der Waals surface area contributed by atoms with E-state index in [-0.39, 0.29) is 6.03 Å². The second-order valence-corrected chi connectivity index (χ2v) is 5.56. The molecule has 0 aliphatic rings. The van der Waals surface area contributed by atoms with E-state index in [1.165, 1.54) is 0 Å². The van der Waals surface area contributed by atoms with E-state index < -0.39 is 0 Å². The smallest absolute Gasteiger partial charge is 0.308 e. The summed E-state index contributed by atoms with van der Waals surface area (Å²) in [6.45, 7) is 3.94. The Hall–Kier alpha value is -2.32. The molecule has 0 heterocycles. The van der Waals surface area contributed by atoms with Gasteiger partial charge < -0.3 is 10.6 Å². The highest BCUT2D eigenvalue weighted by Gasteiger charge is 2.09. The monoisotopic (exact) mass is 343 g/mol. The first-order valence-electron chi connectivity index (χ1n) is 6.34. The van der Waals surface area contributed by atoms with E-state index in [2.05, 4.69) is 26.6 Å². The number of rotatable bonds is 2. The van der Waals surface area contributed by atoms with E-state index >= 15 is 0 Å². The Bertz CT molecular complexity index is 694. The summed E-state index contributed by atoms with van der Waals surface area (Å²) < 4.78 is 0.843. The highest BCUT2D eigenvalue weighted by molar-refractivity contribution is 9.10. The van der Waals surface area contributed by atoms with Crippen LogP contribution < -0.4 is 10.6 Å². The van der Waals surface area contributed by atoms with Crippen molar-refractivity contribution in [3.05, 3.63) is 57.6 Å². The van der Waals surface area contributed by atoms with Crippen LogP contribution in [0.25, 0.3) is 0 Å². The van der Waals surface area contributed by atoms with Gasteiger partial charge >= 0.3 is 6.03 Å². The van der Waals surface area contributed by atoms with Crippen LogP contribution in [0.3, 0.4) is 0 Å². The molecule has 0 saturated heterocycles. The predicted molar refractivity (Wildman–Crippen MR) is 87.4 cm³/mol. The van der Waals surface area contributed by atoms with Gasteiger partial charge in [-0.15, -0.1) is 0 Å². The topological polar surface area (TPSA) is 64.9 Å². The van der Waals surface area contributed by atoms with Gasteiger partial charge in [0.15, 0.2) is 0 Å². The van der Waals surface area contributed by atoms with Crippen molar-refractivity contribution in [1.29, 1.82) is 5.26 Å². The average molecular weight is 344 g/mol. The Morgan fingerprint density at radius 1 is 1.14 bits per heavy atom. The second kappa shape index (κ2) is 6.42. The fourth-order valence-corrected chi connectivity index (χ4v) is 2.75. The summed E-state index contributed by atoms with van der Waals surface area (Å²) in [5, 5.41) is 14.3. The first-order valence-corrected chi connectivity index (χ1v) is 7.14. The summed E-state index contributed by atoms with van der Waals surface area (Å²) in [4.78, 5) is 12.0. The number of nitrogens with one attached hydrogen (secondary N) is 2. The Morgan fingerprint density at radius 3 is 2.38 bits per heavy atom. The number of hydrogen-bond acceptors (Lipinski definition) is 2. The number of nitriles is 1. The maximum absolute atomic E-state index is 12.0. The minimum absolute atomic E-state index is 0.327. The molecule has 0 aromatic heterocycles. The summed E-state index contributed by atoms with van der Waals surface area (Å²) in [6, 6.07) is 12.3.